The van der Waals surface area contributed by atoms with Crippen LogP contribution in [0, 0.1) is 6.92 Å². The Balaban J connectivity index is 1.66. The zero-order valence-electron chi connectivity index (χ0n) is 11.3. The van der Waals surface area contributed by atoms with Crippen LogP contribution in [0.4, 0.5) is 0 Å². The van der Waals surface area contributed by atoms with Crippen molar-refractivity contribution in [2.45, 2.75) is 19.6 Å². The summed E-state index contributed by atoms with van der Waals surface area (Å²) in [5.41, 5.74) is 0. The minimum absolute atomic E-state index is 0.285. The van der Waals surface area contributed by atoms with Crippen LogP contribution in [0.5, 0.6) is 5.75 Å². The van der Waals surface area contributed by atoms with Gasteiger partial charge in [0.25, 0.3) is 0 Å². The van der Waals surface area contributed by atoms with Crippen LogP contribution in [-0.4, -0.2) is 24.4 Å². The molecule has 0 fully saturated rings. The first-order valence-electron chi connectivity index (χ1n) is 6.46. The van der Waals surface area contributed by atoms with Crippen molar-refractivity contribution in [1.29, 1.82) is 0 Å². The molecule has 3 nitrogen and oxygen atoms in total. The number of thiophene rings is 1. The predicted octanol–water partition coefficient (Wildman–Crippen LogP) is 3.35. The summed E-state index contributed by atoms with van der Waals surface area (Å²) < 4.78 is 6.51. The lowest BCUT2D eigenvalue weighted by molar-refractivity contribution is 0.106. The molecule has 108 valence electrons. The number of aryl methyl sites for hydroxylation is 1. The molecular formula is C15H18BrNO2S. The Labute approximate surface area is 131 Å². The molecule has 0 amide bonds. The molecule has 0 saturated carbocycles. The van der Waals surface area contributed by atoms with Crippen LogP contribution in [-0.2, 0) is 6.54 Å². The van der Waals surface area contributed by atoms with E-state index in [9.17, 15) is 5.11 Å². The Hall–Kier alpha value is -0.880. The minimum atomic E-state index is -0.518. The van der Waals surface area contributed by atoms with E-state index in [4.69, 9.17) is 4.74 Å². The number of hydrogen-bond donors (Lipinski definition) is 2. The van der Waals surface area contributed by atoms with Crippen LogP contribution < -0.4 is 10.1 Å². The summed E-state index contributed by atoms with van der Waals surface area (Å²) >= 11 is 5.16. The molecule has 0 spiro atoms. The molecule has 1 atom stereocenters. The number of benzene rings is 1. The summed E-state index contributed by atoms with van der Waals surface area (Å²) in [6, 6.07) is 11.8. The molecule has 1 aromatic heterocycles. The number of hydrogen-bond acceptors (Lipinski definition) is 4. The van der Waals surface area contributed by atoms with Gasteiger partial charge in [0.1, 0.15) is 18.5 Å². The maximum Gasteiger partial charge on any atom is 0.120 e. The molecule has 0 saturated heterocycles. The van der Waals surface area contributed by atoms with Crippen LogP contribution in [0.25, 0.3) is 0 Å². The van der Waals surface area contributed by atoms with Crippen molar-refractivity contribution in [3.05, 3.63) is 50.6 Å². The van der Waals surface area contributed by atoms with Crippen molar-refractivity contribution < 1.29 is 9.84 Å². The third kappa shape index (κ3) is 5.25. The van der Waals surface area contributed by atoms with Crippen LogP contribution in [0.3, 0.4) is 0 Å². The second-order valence-electron chi connectivity index (χ2n) is 4.57. The van der Waals surface area contributed by atoms with Gasteiger partial charge in [-0.15, -0.1) is 11.3 Å². The van der Waals surface area contributed by atoms with Crippen molar-refractivity contribution in [3.8, 4) is 5.75 Å². The summed E-state index contributed by atoms with van der Waals surface area (Å²) in [6.45, 7) is 3.68. The lowest BCUT2D eigenvalue weighted by Gasteiger charge is -2.13. The zero-order valence-corrected chi connectivity index (χ0v) is 13.7. The maximum atomic E-state index is 9.87. The van der Waals surface area contributed by atoms with Gasteiger partial charge in [0.05, 0.1) is 0 Å². The number of aliphatic hydroxyl groups is 1. The van der Waals surface area contributed by atoms with Crippen molar-refractivity contribution in [1.82, 2.24) is 5.32 Å². The highest BCUT2D eigenvalue weighted by atomic mass is 79.9. The van der Waals surface area contributed by atoms with E-state index in [1.54, 1.807) is 11.3 Å². The van der Waals surface area contributed by atoms with Gasteiger partial charge in [-0.05, 0) is 37.3 Å². The van der Waals surface area contributed by atoms with Gasteiger partial charge in [-0.1, -0.05) is 22.0 Å². The highest BCUT2D eigenvalue weighted by Gasteiger charge is 2.05. The monoisotopic (exact) mass is 355 g/mol. The first kappa shape index (κ1) is 15.5. The number of aliphatic hydroxyl groups excluding tert-OH is 1. The van der Waals surface area contributed by atoms with E-state index in [1.807, 2.05) is 24.3 Å². The first-order chi connectivity index (χ1) is 9.63. The van der Waals surface area contributed by atoms with Crippen LogP contribution in [0.2, 0.25) is 0 Å². The van der Waals surface area contributed by atoms with Crippen LogP contribution in [0.15, 0.2) is 40.9 Å². The number of ether oxygens (including phenoxy) is 1. The summed E-state index contributed by atoms with van der Waals surface area (Å²) in [7, 11) is 0. The Morgan fingerprint density at radius 1 is 1.35 bits per heavy atom. The molecule has 2 rings (SSSR count). The Kier molecular flexibility index (Phi) is 6.04. The highest BCUT2D eigenvalue weighted by Crippen LogP contribution is 2.18. The normalized spacial score (nSPS) is 12.3. The smallest absolute Gasteiger partial charge is 0.120 e. The molecule has 0 aliphatic rings. The van der Waals surface area contributed by atoms with Gasteiger partial charge >= 0.3 is 0 Å². The first-order valence-corrected chi connectivity index (χ1v) is 8.07. The Bertz CT molecular complexity index is 544. The van der Waals surface area contributed by atoms with E-state index in [0.717, 1.165) is 16.8 Å². The Morgan fingerprint density at radius 3 is 2.90 bits per heavy atom. The molecule has 0 radical (unpaired) electrons. The van der Waals surface area contributed by atoms with Crippen LogP contribution >= 0.6 is 27.3 Å². The lowest BCUT2D eigenvalue weighted by Crippen LogP contribution is -2.30. The second-order valence-corrected chi connectivity index (χ2v) is 6.85. The van der Waals surface area contributed by atoms with E-state index < -0.39 is 6.10 Å². The number of halogens is 1. The molecule has 2 aromatic rings. The molecule has 0 aliphatic heterocycles. The van der Waals surface area contributed by atoms with Crippen molar-refractivity contribution >= 4 is 27.3 Å². The summed E-state index contributed by atoms with van der Waals surface area (Å²) in [5, 5.41) is 13.1. The quantitative estimate of drug-likeness (QED) is 0.800. The fourth-order valence-electron chi connectivity index (χ4n) is 1.75. The van der Waals surface area contributed by atoms with Crippen molar-refractivity contribution in [3.63, 3.8) is 0 Å². The second kappa shape index (κ2) is 7.78. The van der Waals surface area contributed by atoms with Gasteiger partial charge in [0, 0.05) is 27.3 Å². The molecular weight excluding hydrogens is 338 g/mol. The maximum absolute atomic E-state index is 9.87. The topological polar surface area (TPSA) is 41.5 Å². The standard InChI is InChI=1S/C15H18BrNO2S/c1-11-5-6-15(20-11)9-17-8-13(18)10-19-14-4-2-3-12(16)7-14/h2-7,13,17-18H,8-10H2,1H3. The predicted molar refractivity (Wildman–Crippen MR) is 86.4 cm³/mol. The van der Waals surface area contributed by atoms with Gasteiger partial charge in [-0.2, -0.15) is 0 Å². The summed E-state index contributed by atoms with van der Waals surface area (Å²) in [4.78, 5) is 2.59. The molecule has 0 bridgehead atoms. The van der Waals surface area contributed by atoms with Gasteiger partial charge in [-0.3, -0.25) is 0 Å². The lowest BCUT2D eigenvalue weighted by atomic mass is 10.3. The van der Waals surface area contributed by atoms with Gasteiger partial charge < -0.3 is 15.2 Å². The summed E-state index contributed by atoms with van der Waals surface area (Å²) in [6.07, 6.45) is -0.518. The van der Waals surface area contributed by atoms with Crippen LogP contribution in [0.1, 0.15) is 9.75 Å². The van der Waals surface area contributed by atoms with Gasteiger partial charge in [-0.25, -0.2) is 0 Å². The van der Waals surface area contributed by atoms with E-state index >= 15 is 0 Å². The largest absolute Gasteiger partial charge is 0.491 e. The average molecular weight is 356 g/mol. The molecule has 5 heteroatoms. The number of nitrogens with one attached hydrogen (secondary N) is 1. The molecule has 0 aliphatic carbocycles. The summed E-state index contributed by atoms with van der Waals surface area (Å²) in [5.74, 6) is 0.757. The van der Waals surface area contributed by atoms with Crippen molar-refractivity contribution in [2.24, 2.45) is 0 Å². The SMILES string of the molecule is Cc1ccc(CNCC(O)COc2cccc(Br)c2)s1. The highest BCUT2D eigenvalue weighted by molar-refractivity contribution is 9.10. The van der Waals surface area contributed by atoms with E-state index in [0.29, 0.717) is 6.54 Å². The third-order valence-corrected chi connectivity index (χ3v) is 4.21. The van der Waals surface area contributed by atoms with Crippen molar-refractivity contribution in [2.75, 3.05) is 13.2 Å². The molecule has 2 N–H and O–H groups in total. The zero-order chi connectivity index (χ0) is 14.4. The average Bonchev–Trinajstić information content (AvgIpc) is 2.82. The van der Waals surface area contributed by atoms with E-state index in [2.05, 4.69) is 40.3 Å². The molecule has 1 unspecified atom stereocenters. The fourth-order valence-corrected chi connectivity index (χ4v) is 2.99. The minimum Gasteiger partial charge on any atom is -0.491 e. The van der Waals surface area contributed by atoms with Gasteiger partial charge in [0.15, 0.2) is 0 Å². The molecule has 1 heterocycles. The molecule has 1 aromatic carbocycles. The fraction of sp³-hybridized carbons (Fsp3) is 0.333. The Morgan fingerprint density at radius 2 is 2.20 bits per heavy atom. The van der Waals surface area contributed by atoms with E-state index in [1.165, 1.54) is 9.75 Å². The van der Waals surface area contributed by atoms with E-state index in [-0.39, 0.29) is 6.61 Å². The third-order valence-electron chi connectivity index (χ3n) is 2.71. The van der Waals surface area contributed by atoms with Gasteiger partial charge in [0.2, 0.25) is 0 Å². The number of rotatable bonds is 7. The molecule has 20 heavy (non-hydrogen) atoms.